The summed E-state index contributed by atoms with van der Waals surface area (Å²) in [6.07, 6.45) is 1.01. The maximum Gasteiger partial charge on any atom is 0.255 e. The van der Waals surface area contributed by atoms with Crippen LogP contribution in [0.1, 0.15) is 24.2 Å². The molecule has 0 saturated carbocycles. The predicted molar refractivity (Wildman–Crippen MR) is 116 cm³/mol. The summed E-state index contributed by atoms with van der Waals surface area (Å²) in [5.74, 6) is -0.782. The lowest BCUT2D eigenvalue weighted by molar-refractivity contribution is -0.114. The fourth-order valence-corrected chi connectivity index (χ4v) is 3.84. The van der Waals surface area contributed by atoms with Gasteiger partial charge in [0.2, 0.25) is 15.9 Å². The Morgan fingerprint density at radius 1 is 1.03 bits per heavy atom. The monoisotopic (exact) mass is 437 g/mol. The quantitative estimate of drug-likeness (QED) is 0.686. The van der Waals surface area contributed by atoms with E-state index in [2.05, 4.69) is 5.32 Å². The molecule has 0 fully saturated rings. The maximum absolute atomic E-state index is 12.7. The molecule has 0 saturated heterocycles. The van der Waals surface area contributed by atoms with Crippen molar-refractivity contribution < 1.29 is 18.0 Å². The number of para-hydroxylation sites is 1. The van der Waals surface area contributed by atoms with Gasteiger partial charge in [0, 0.05) is 18.1 Å². The van der Waals surface area contributed by atoms with Gasteiger partial charge in [0.05, 0.1) is 23.2 Å². The van der Waals surface area contributed by atoms with E-state index >= 15 is 0 Å². The first-order valence-electron chi connectivity index (χ1n) is 9.08. The van der Waals surface area contributed by atoms with E-state index in [-0.39, 0.29) is 11.6 Å². The van der Waals surface area contributed by atoms with Crippen LogP contribution < -0.4 is 9.62 Å². The van der Waals surface area contributed by atoms with E-state index < -0.39 is 22.5 Å². The van der Waals surface area contributed by atoms with Gasteiger partial charge in [0.1, 0.15) is 6.54 Å². The van der Waals surface area contributed by atoms with Gasteiger partial charge in [0.25, 0.3) is 5.91 Å². The summed E-state index contributed by atoms with van der Waals surface area (Å²) in [7, 11) is -3.73. The molecule has 0 heterocycles. The first-order chi connectivity index (χ1) is 13.7. The second kappa shape index (κ2) is 9.76. The van der Waals surface area contributed by atoms with Crippen molar-refractivity contribution in [3.63, 3.8) is 0 Å². The molecule has 1 N–H and O–H groups in total. The van der Waals surface area contributed by atoms with Crippen LogP contribution in [0, 0.1) is 0 Å². The summed E-state index contributed by atoms with van der Waals surface area (Å²) >= 11 is 5.95. The van der Waals surface area contributed by atoms with Gasteiger partial charge in [-0.1, -0.05) is 29.8 Å². The second-order valence-corrected chi connectivity index (χ2v) is 8.66. The Morgan fingerprint density at radius 3 is 2.28 bits per heavy atom. The van der Waals surface area contributed by atoms with Crippen LogP contribution >= 0.6 is 11.6 Å². The van der Waals surface area contributed by atoms with Gasteiger partial charge >= 0.3 is 0 Å². The van der Waals surface area contributed by atoms with E-state index in [4.69, 9.17) is 11.6 Å². The number of amides is 2. The van der Waals surface area contributed by atoms with Crippen LogP contribution in [0.3, 0.4) is 0 Å². The fraction of sp³-hybridized carbons (Fsp3) is 0.300. The lowest BCUT2D eigenvalue weighted by atomic mass is 10.1. The molecule has 0 aromatic heterocycles. The third kappa shape index (κ3) is 5.95. The molecule has 0 aliphatic carbocycles. The molecular weight excluding hydrogens is 414 g/mol. The second-order valence-electron chi connectivity index (χ2n) is 6.32. The Bertz CT molecular complexity index is 991. The third-order valence-electron chi connectivity index (χ3n) is 4.27. The van der Waals surface area contributed by atoms with E-state index in [0.717, 1.165) is 10.6 Å². The molecule has 0 bridgehead atoms. The minimum atomic E-state index is -3.73. The van der Waals surface area contributed by atoms with E-state index in [1.165, 1.54) is 6.07 Å². The molecule has 9 heteroatoms. The summed E-state index contributed by atoms with van der Waals surface area (Å²) in [4.78, 5) is 27.0. The van der Waals surface area contributed by atoms with E-state index in [0.29, 0.717) is 29.4 Å². The van der Waals surface area contributed by atoms with Crippen molar-refractivity contribution in [1.82, 2.24) is 4.90 Å². The number of anilines is 2. The highest BCUT2D eigenvalue weighted by Crippen LogP contribution is 2.22. The first kappa shape index (κ1) is 22.7. The van der Waals surface area contributed by atoms with Crippen LogP contribution in [0.2, 0.25) is 5.02 Å². The number of rotatable bonds is 8. The van der Waals surface area contributed by atoms with E-state index in [9.17, 15) is 18.0 Å². The average molecular weight is 438 g/mol. The van der Waals surface area contributed by atoms with Crippen molar-refractivity contribution in [1.29, 1.82) is 0 Å². The minimum absolute atomic E-state index is 0.208. The SMILES string of the molecule is CCN(CC)C(=O)c1ccccc1NC(=O)CN(c1cccc(Cl)c1)S(C)(=O)=O. The smallest absolute Gasteiger partial charge is 0.255 e. The van der Waals surface area contributed by atoms with Crippen LogP contribution in [0.15, 0.2) is 48.5 Å². The third-order valence-corrected chi connectivity index (χ3v) is 5.64. The Kier molecular flexibility index (Phi) is 7.64. The van der Waals surface area contributed by atoms with Crippen molar-refractivity contribution in [2.45, 2.75) is 13.8 Å². The van der Waals surface area contributed by atoms with Gasteiger partial charge in [-0.15, -0.1) is 0 Å². The van der Waals surface area contributed by atoms with Crippen LogP contribution in [0.25, 0.3) is 0 Å². The van der Waals surface area contributed by atoms with Gasteiger partial charge in [0.15, 0.2) is 0 Å². The Labute approximate surface area is 176 Å². The summed E-state index contributed by atoms with van der Waals surface area (Å²) in [5.41, 5.74) is 0.954. The summed E-state index contributed by atoms with van der Waals surface area (Å²) in [5, 5.41) is 3.01. The molecule has 2 aromatic carbocycles. The van der Waals surface area contributed by atoms with Gasteiger partial charge in [-0.05, 0) is 44.2 Å². The number of benzene rings is 2. The molecule has 2 rings (SSSR count). The first-order valence-corrected chi connectivity index (χ1v) is 11.3. The number of nitrogens with zero attached hydrogens (tertiary/aromatic N) is 2. The molecule has 0 spiro atoms. The summed E-state index contributed by atoms with van der Waals surface area (Å²) in [6, 6.07) is 12.9. The Balaban J connectivity index is 2.27. The molecule has 156 valence electrons. The minimum Gasteiger partial charge on any atom is -0.339 e. The zero-order chi connectivity index (χ0) is 21.6. The molecule has 7 nitrogen and oxygen atoms in total. The van der Waals surface area contributed by atoms with Gasteiger partial charge in [-0.2, -0.15) is 0 Å². The van der Waals surface area contributed by atoms with Crippen molar-refractivity contribution in [2.24, 2.45) is 0 Å². The lowest BCUT2D eigenvalue weighted by Crippen LogP contribution is -2.38. The number of carbonyl (C=O) groups excluding carboxylic acids is 2. The number of carbonyl (C=O) groups is 2. The zero-order valence-corrected chi connectivity index (χ0v) is 18.1. The number of hydrogen-bond donors (Lipinski definition) is 1. The molecule has 0 radical (unpaired) electrons. The van der Waals surface area contributed by atoms with Gasteiger partial charge in [-0.25, -0.2) is 8.42 Å². The zero-order valence-electron chi connectivity index (χ0n) is 16.6. The lowest BCUT2D eigenvalue weighted by Gasteiger charge is -2.23. The Morgan fingerprint density at radius 2 is 1.69 bits per heavy atom. The predicted octanol–water partition coefficient (Wildman–Crippen LogP) is 3.23. The largest absolute Gasteiger partial charge is 0.339 e. The molecular formula is C20H24ClN3O4S. The topological polar surface area (TPSA) is 86.8 Å². The van der Waals surface area contributed by atoms with Crippen molar-refractivity contribution in [2.75, 3.05) is 35.5 Å². The van der Waals surface area contributed by atoms with E-state index in [1.54, 1.807) is 47.4 Å². The van der Waals surface area contributed by atoms with Crippen molar-refractivity contribution >= 4 is 44.8 Å². The van der Waals surface area contributed by atoms with Crippen molar-refractivity contribution in [3.8, 4) is 0 Å². The molecule has 0 unspecified atom stereocenters. The molecule has 0 aliphatic heterocycles. The average Bonchev–Trinajstić information content (AvgIpc) is 2.66. The summed E-state index contributed by atoms with van der Waals surface area (Å²) in [6.45, 7) is 4.37. The highest BCUT2D eigenvalue weighted by atomic mass is 35.5. The summed E-state index contributed by atoms with van der Waals surface area (Å²) < 4.78 is 25.4. The molecule has 29 heavy (non-hydrogen) atoms. The number of sulfonamides is 1. The van der Waals surface area contributed by atoms with Crippen LogP contribution in [0.5, 0.6) is 0 Å². The normalized spacial score (nSPS) is 11.0. The molecule has 2 aromatic rings. The maximum atomic E-state index is 12.7. The molecule has 0 aliphatic rings. The highest BCUT2D eigenvalue weighted by Gasteiger charge is 2.23. The molecule has 2 amide bonds. The van der Waals surface area contributed by atoms with Crippen LogP contribution in [0.4, 0.5) is 11.4 Å². The van der Waals surface area contributed by atoms with Crippen molar-refractivity contribution in [3.05, 3.63) is 59.1 Å². The molecule has 0 atom stereocenters. The van der Waals surface area contributed by atoms with Gasteiger partial charge in [-0.3, -0.25) is 13.9 Å². The number of hydrogen-bond acceptors (Lipinski definition) is 4. The van der Waals surface area contributed by atoms with Crippen LogP contribution in [-0.2, 0) is 14.8 Å². The number of halogens is 1. The number of nitrogens with one attached hydrogen (secondary N) is 1. The Hall–Kier alpha value is -2.58. The van der Waals surface area contributed by atoms with Gasteiger partial charge < -0.3 is 10.2 Å². The van der Waals surface area contributed by atoms with Crippen LogP contribution in [-0.4, -0.2) is 51.0 Å². The van der Waals surface area contributed by atoms with E-state index in [1.807, 2.05) is 13.8 Å². The standard InChI is InChI=1S/C20H24ClN3O4S/c1-4-23(5-2)20(26)17-11-6-7-12-18(17)22-19(25)14-24(29(3,27)28)16-10-8-9-15(21)13-16/h6-13H,4-5,14H2,1-3H3,(H,22,25). The fourth-order valence-electron chi connectivity index (χ4n) is 2.81. The highest BCUT2D eigenvalue weighted by molar-refractivity contribution is 7.92.